The maximum atomic E-state index is 9.79. The van der Waals surface area contributed by atoms with Crippen LogP contribution in [-0.2, 0) is 4.79 Å². The summed E-state index contributed by atoms with van der Waals surface area (Å²) in [6.07, 6.45) is -0.946. The third-order valence-electron chi connectivity index (χ3n) is 0.588. The van der Waals surface area contributed by atoms with Gasteiger partial charge in [0.25, 0.3) is 0 Å². The number of aliphatic hydroxyl groups excluding tert-OH is 1. The van der Waals surface area contributed by atoms with Crippen molar-refractivity contribution in [3.63, 3.8) is 0 Å². The smallest absolute Gasteiger partial charge is 0.306 e. The lowest BCUT2D eigenvalue weighted by Crippen LogP contribution is -2.13. The highest BCUT2D eigenvalue weighted by Crippen LogP contribution is 1.94. The molecule has 0 aromatic rings. The Morgan fingerprint density at radius 2 is 2.25 bits per heavy atom. The zero-order valence-corrected chi connectivity index (χ0v) is 5.76. The average Bonchev–Trinajstić information content (AvgIpc) is 1.65. The molecule has 0 aromatic carbocycles. The third-order valence-corrected chi connectivity index (χ3v) is 1.34. The van der Waals surface area contributed by atoms with E-state index in [0.717, 1.165) is 0 Å². The summed E-state index contributed by atoms with van der Waals surface area (Å²) in [7, 11) is 0. The fraction of sp³-hybridized carbons (Fsp3) is 0.750. The van der Waals surface area contributed by atoms with Crippen molar-refractivity contribution >= 4 is 21.9 Å². The summed E-state index contributed by atoms with van der Waals surface area (Å²) in [5.74, 6) is -0.975. The number of carboxylic acids is 1. The van der Waals surface area contributed by atoms with Crippen LogP contribution < -0.4 is 0 Å². The second kappa shape index (κ2) is 3.86. The molecule has 1 unspecified atom stereocenters. The molecule has 0 aliphatic rings. The highest BCUT2D eigenvalue weighted by Gasteiger charge is 2.05. The van der Waals surface area contributed by atoms with Gasteiger partial charge >= 0.3 is 5.97 Å². The molecule has 0 aliphatic carbocycles. The molecule has 0 saturated heterocycles. The second-order valence-corrected chi connectivity index (χ2v) is 2.05. The van der Waals surface area contributed by atoms with Gasteiger partial charge in [0.2, 0.25) is 0 Å². The number of alkyl halides is 1. The van der Waals surface area contributed by atoms with Crippen molar-refractivity contribution in [2.75, 3.05) is 5.33 Å². The van der Waals surface area contributed by atoms with E-state index in [4.69, 9.17) is 10.2 Å². The lowest BCUT2D eigenvalue weighted by Gasteiger charge is -1.99. The molecule has 4 heteroatoms. The Bertz CT molecular complexity index is 83.4. The van der Waals surface area contributed by atoms with Gasteiger partial charge in [-0.1, -0.05) is 15.9 Å². The van der Waals surface area contributed by atoms with Gasteiger partial charge in [-0.25, -0.2) is 0 Å². The van der Waals surface area contributed by atoms with E-state index in [2.05, 4.69) is 15.9 Å². The van der Waals surface area contributed by atoms with Crippen LogP contribution in [0.2, 0.25) is 0 Å². The highest BCUT2D eigenvalue weighted by atomic mass is 79.9. The Morgan fingerprint density at radius 1 is 1.75 bits per heavy atom. The van der Waals surface area contributed by atoms with Crippen molar-refractivity contribution in [2.45, 2.75) is 12.5 Å². The zero-order chi connectivity index (χ0) is 6.57. The quantitative estimate of drug-likeness (QED) is 0.615. The number of halogens is 1. The Morgan fingerprint density at radius 3 is 2.38 bits per heavy atom. The largest absolute Gasteiger partial charge is 0.481 e. The topological polar surface area (TPSA) is 57.5 Å². The van der Waals surface area contributed by atoms with E-state index in [0.29, 0.717) is 5.33 Å². The molecule has 2 N–H and O–H groups in total. The summed E-state index contributed by atoms with van der Waals surface area (Å²) in [6, 6.07) is 0. The molecule has 0 aliphatic heterocycles. The van der Waals surface area contributed by atoms with Crippen LogP contribution in [0.15, 0.2) is 0 Å². The van der Waals surface area contributed by atoms with Crippen LogP contribution in [0.3, 0.4) is 0 Å². The van der Waals surface area contributed by atoms with Crippen molar-refractivity contribution in [1.82, 2.24) is 0 Å². The standard InChI is InChI=1S/C4H7BrO3/c5-2-3(6)1-4(7)8/h3,6H,1-2H2,(H,7,8). The summed E-state index contributed by atoms with van der Waals surface area (Å²) in [6.45, 7) is 0. The monoisotopic (exact) mass is 182 g/mol. The molecule has 0 heterocycles. The third kappa shape index (κ3) is 4.08. The van der Waals surface area contributed by atoms with Crippen LogP contribution in [0, 0.1) is 0 Å². The number of carboxylic acid groups (broad SMARTS) is 1. The van der Waals surface area contributed by atoms with Gasteiger partial charge < -0.3 is 10.2 Å². The first-order chi connectivity index (χ1) is 3.66. The van der Waals surface area contributed by atoms with Crippen LogP contribution in [0.25, 0.3) is 0 Å². The van der Waals surface area contributed by atoms with E-state index in [-0.39, 0.29) is 6.42 Å². The molecule has 0 aromatic heterocycles. The maximum absolute atomic E-state index is 9.79. The molecule has 3 nitrogen and oxygen atoms in total. The summed E-state index contributed by atoms with van der Waals surface area (Å²) < 4.78 is 0. The number of aliphatic hydroxyl groups is 1. The second-order valence-electron chi connectivity index (χ2n) is 1.41. The van der Waals surface area contributed by atoms with Gasteiger partial charge in [-0.3, -0.25) is 4.79 Å². The number of rotatable bonds is 3. The minimum Gasteiger partial charge on any atom is -0.481 e. The van der Waals surface area contributed by atoms with Gasteiger partial charge in [0.05, 0.1) is 12.5 Å². The van der Waals surface area contributed by atoms with E-state index in [1.807, 2.05) is 0 Å². The van der Waals surface area contributed by atoms with Crippen LogP contribution in [-0.4, -0.2) is 27.6 Å². The number of carbonyl (C=O) groups is 1. The molecule has 0 rings (SSSR count). The van der Waals surface area contributed by atoms with Crippen LogP contribution in [0.4, 0.5) is 0 Å². The first kappa shape index (κ1) is 7.91. The molecule has 1 atom stereocenters. The van der Waals surface area contributed by atoms with Crippen molar-refractivity contribution in [1.29, 1.82) is 0 Å². The van der Waals surface area contributed by atoms with Gasteiger partial charge in [-0.15, -0.1) is 0 Å². The highest BCUT2D eigenvalue weighted by molar-refractivity contribution is 9.09. The molecule has 0 saturated carbocycles. The summed E-state index contributed by atoms with van der Waals surface area (Å²) >= 11 is 2.93. The predicted octanol–water partition coefficient (Wildman–Crippen LogP) is 0.217. The van der Waals surface area contributed by atoms with Crippen molar-refractivity contribution in [2.24, 2.45) is 0 Å². The number of aliphatic carboxylic acids is 1. The molecule has 48 valence electrons. The van der Waals surface area contributed by atoms with Crippen LogP contribution >= 0.6 is 15.9 Å². The predicted molar refractivity (Wildman–Crippen MR) is 32.1 cm³/mol. The van der Waals surface area contributed by atoms with Crippen LogP contribution in [0.1, 0.15) is 6.42 Å². The minimum absolute atomic E-state index is 0.189. The Labute approximate surface area is 55.5 Å². The first-order valence-electron chi connectivity index (χ1n) is 2.12. The SMILES string of the molecule is O=C(O)CC(O)CBr. The van der Waals surface area contributed by atoms with Gasteiger partial charge in [0.15, 0.2) is 0 Å². The molecule has 0 fully saturated rings. The molecule has 0 spiro atoms. The molecule has 0 bridgehead atoms. The Kier molecular flexibility index (Phi) is 3.81. The summed E-state index contributed by atoms with van der Waals surface area (Å²) in [5, 5.41) is 17.0. The lowest BCUT2D eigenvalue weighted by atomic mass is 10.3. The normalized spacial score (nSPS) is 13.2. The van der Waals surface area contributed by atoms with E-state index >= 15 is 0 Å². The average molecular weight is 183 g/mol. The summed E-state index contributed by atoms with van der Waals surface area (Å²) in [5.41, 5.74) is 0. The van der Waals surface area contributed by atoms with Crippen molar-refractivity contribution < 1.29 is 15.0 Å². The van der Waals surface area contributed by atoms with Crippen molar-refractivity contribution in [3.05, 3.63) is 0 Å². The number of hydrogen-bond donors (Lipinski definition) is 2. The molecule has 0 radical (unpaired) electrons. The maximum Gasteiger partial charge on any atom is 0.306 e. The first-order valence-corrected chi connectivity index (χ1v) is 3.24. The van der Waals surface area contributed by atoms with E-state index in [9.17, 15) is 4.79 Å². The fourth-order valence-electron chi connectivity index (χ4n) is 0.256. The molecule has 0 amide bonds. The van der Waals surface area contributed by atoms with Gasteiger partial charge in [0.1, 0.15) is 0 Å². The van der Waals surface area contributed by atoms with E-state index in [1.165, 1.54) is 0 Å². The fourth-order valence-corrected chi connectivity index (χ4v) is 0.485. The summed E-state index contributed by atoms with van der Waals surface area (Å²) in [4.78, 5) is 9.79. The number of hydrogen-bond acceptors (Lipinski definition) is 2. The van der Waals surface area contributed by atoms with Gasteiger partial charge in [-0.2, -0.15) is 0 Å². The molecular formula is C4H7BrO3. The van der Waals surface area contributed by atoms with Gasteiger partial charge in [0, 0.05) is 5.33 Å². The molecule has 8 heavy (non-hydrogen) atoms. The minimum atomic E-state index is -0.975. The van der Waals surface area contributed by atoms with E-state index in [1.54, 1.807) is 0 Å². The van der Waals surface area contributed by atoms with E-state index < -0.39 is 12.1 Å². The van der Waals surface area contributed by atoms with Crippen LogP contribution in [0.5, 0.6) is 0 Å². The van der Waals surface area contributed by atoms with Crippen molar-refractivity contribution in [3.8, 4) is 0 Å². The molecular weight excluding hydrogens is 176 g/mol. The van der Waals surface area contributed by atoms with Gasteiger partial charge in [-0.05, 0) is 0 Å². The Balaban J connectivity index is 3.24. The Hall–Kier alpha value is -0.0900. The lowest BCUT2D eigenvalue weighted by molar-refractivity contribution is -0.138. The zero-order valence-electron chi connectivity index (χ0n) is 4.17.